The molecule has 0 aromatic heterocycles. The molecule has 16 heavy (non-hydrogen) atoms. The van der Waals surface area contributed by atoms with Crippen LogP contribution in [0.25, 0.3) is 0 Å². The Morgan fingerprint density at radius 1 is 1.06 bits per heavy atom. The number of hydrogen-bond donors (Lipinski definition) is 1. The van der Waals surface area contributed by atoms with Gasteiger partial charge in [-0.05, 0) is 55.3 Å². The van der Waals surface area contributed by atoms with E-state index < -0.39 is 0 Å². The Hall–Kier alpha value is -0.0400. The van der Waals surface area contributed by atoms with Gasteiger partial charge < -0.3 is 5.11 Å². The fourth-order valence-corrected chi connectivity index (χ4v) is 5.64. The van der Waals surface area contributed by atoms with Gasteiger partial charge in [0.15, 0.2) is 0 Å². The van der Waals surface area contributed by atoms with Gasteiger partial charge in [-0.25, -0.2) is 0 Å². The van der Waals surface area contributed by atoms with Gasteiger partial charge in [0, 0.05) is 5.41 Å². The van der Waals surface area contributed by atoms with Gasteiger partial charge in [0.2, 0.25) is 0 Å². The summed E-state index contributed by atoms with van der Waals surface area (Å²) in [7, 11) is 0. The quantitative estimate of drug-likeness (QED) is 0.662. The van der Waals surface area contributed by atoms with Crippen LogP contribution in [0.2, 0.25) is 0 Å². The van der Waals surface area contributed by atoms with E-state index in [1.165, 1.54) is 38.5 Å². The van der Waals surface area contributed by atoms with Crippen molar-refractivity contribution in [3.63, 3.8) is 0 Å². The third-order valence-corrected chi connectivity index (χ3v) is 6.24. The van der Waals surface area contributed by atoms with Gasteiger partial charge in [-0.1, -0.05) is 27.2 Å². The monoisotopic (exact) mass is 222 g/mol. The summed E-state index contributed by atoms with van der Waals surface area (Å²) in [6.07, 6.45) is 9.11. The van der Waals surface area contributed by atoms with Crippen molar-refractivity contribution in [2.24, 2.45) is 22.2 Å². The van der Waals surface area contributed by atoms with Crippen LogP contribution in [0.3, 0.4) is 0 Å². The van der Waals surface area contributed by atoms with Crippen LogP contribution in [0.5, 0.6) is 0 Å². The molecule has 3 aliphatic carbocycles. The third-order valence-electron chi connectivity index (χ3n) is 6.24. The van der Waals surface area contributed by atoms with Gasteiger partial charge in [0.05, 0.1) is 6.10 Å². The molecule has 1 spiro atoms. The molecule has 0 aliphatic heterocycles. The highest BCUT2D eigenvalue weighted by atomic mass is 16.3. The topological polar surface area (TPSA) is 20.2 Å². The summed E-state index contributed by atoms with van der Waals surface area (Å²) in [5.74, 6) is 0.781. The van der Waals surface area contributed by atoms with E-state index in [0.29, 0.717) is 16.2 Å². The average Bonchev–Trinajstić information content (AvgIpc) is 2.31. The summed E-state index contributed by atoms with van der Waals surface area (Å²) in [6, 6.07) is 0. The van der Waals surface area contributed by atoms with Crippen molar-refractivity contribution >= 4 is 0 Å². The van der Waals surface area contributed by atoms with Crippen LogP contribution in [-0.2, 0) is 0 Å². The summed E-state index contributed by atoms with van der Waals surface area (Å²) < 4.78 is 0. The summed E-state index contributed by atoms with van der Waals surface area (Å²) in [6.45, 7) is 7.22. The number of hydrogen-bond acceptors (Lipinski definition) is 1. The Bertz CT molecular complexity index is 309. The normalized spacial score (nSPS) is 54.8. The van der Waals surface area contributed by atoms with Crippen molar-refractivity contribution in [1.29, 1.82) is 0 Å². The van der Waals surface area contributed by atoms with Crippen molar-refractivity contribution in [2.45, 2.75) is 71.8 Å². The first-order valence-corrected chi connectivity index (χ1v) is 7.06. The van der Waals surface area contributed by atoms with Crippen LogP contribution in [0.15, 0.2) is 0 Å². The minimum absolute atomic E-state index is 0.0209. The number of rotatable bonds is 0. The predicted molar refractivity (Wildman–Crippen MR) is 66.1 cm³/mol. The van der Waals surface area contributed by atoms with Crippen LogP contribution >= 0.6 is 0 Å². The third kappa shape index (κ3) is 1.27. The van der Waals surface area contributed by atoms with Crippen molar-refractivity contribution < 1.29 is 5.11 Å². The molecule has 3 aliphatic rings. The van der Waals surface area contributed by atoms with Gasteiger partial charge in [-0.3, -0.25) is 0 Å². The molecule has 1 heteroatoms. The van der Waals surface area contributed by atoms with E-state index in [0.717, 1.165) is 12.3 Å². The Balaban J connectivity index is 2.00. The Morgan fingerprint density at radius 2 is 1.81 bits per heavy atom. The zero-order chi connectivity index (χ0) is 11.6. The van der Waals surface area contributed by atoms with Crippen molar-refractivity contribution in [3.8, 4) is 0 Å². The first-order valence-electron chi connectivity index (χ1n) is 7.06. The molecule has 1 nitrogen and oxygen atoms in total. The maximum Gasteiger partial charge on any atom is 0.0604 e. The maximum atomic E-state index is 10.6. The van der Waals surface area contributed by atoms with E-state index >= 15 is 0 Å². The highest BCUT2D eigenvalue weighted by Gasteiger charge is 2.62. The van der Waals surface area contributed by atoms with E-state index in [-0.39, 0.29) is 6.10 Å². The highest BCUT2D eigenvalue weighted by Crippen LogP contribution is 2.68. The second-order valence-corrected chi connectivity index (χ2v) is 7.87. The van der Waals surface area contributed by atoms with E-state index in [1.54, 1.807) is 0 Å². The van der Waals surface area contributed by atoms with Crippen molar-refractivity contribution in [2.75, 3.05) is 0 Å². The molecule has 92 valence electrons. The fourth-order valence-electron chi connectivity index (χ4n) is 5.64. The zero-order valence-electron chi connectivity index (χ0n) is 11.1. The second kappa shape index (κ2) is 3.04. The molecule has 3 saturated carbocycles. The molecule has 0 saturated heterocycles. The van der Waals surface area contributed by atoms with Crippen molar-refractivity contribution in [3.05, 3.63) is 0 Å². The van der Waals surface area contributed by atoms with Crippen molar-refractivity contribution in [1.82, 2.24) is 0 Å². The molecular weight excluding hydrogens is 196 g/mol. The molecule has 0 radical (unpaired) electrons. The van der Waals surface area contributed by atoms with E-state index in [2.05, 4.69) is 20.8 Å². The summed E-state index contributed by atoms with van der Waals surface area (Å²) >= 11 is 0. The fraction of sp³-hybridized carbons (Fsp3) is 1.00. The molecule has 0 amide bonds. The molecule has 2 bridgehead atoms. The Morgan fingerprint density at radius 3 is 2.56 bits per heavy atom. The van der Waals surface area contributed by atoms with Crippen LogP contribution in [0, 0.1) is 22.2 Å². The van der Waals surface area contributed by atoms with Gasteiger partial charge in [0.1, 0.15) is 0 Å². The first-order chi connectivity index (χ1) is 7.38. The lowest BCUT2D eigenvalue weighted by molar-refractivity contribution is -0.0919. The lowest BCUT2D eigenvalue weighted by atomic mass is 9.50. The smallest absolute Gasteiger partial charge is 0.0604 e. The lowest BCUT2D eigenvalue weighted by Crippen LogP contribution is -2.48. The average molecular weight is 222 g/mol. The van der Waals surface area contributed by atoms with E-state index in [1.807, 2.05) is 0 Å². The lowest BCUT2D eigenvalue weighted by Gasteiger charge is -2.55. The van der Waals surface area contributed by atoms with Crippen LogP contribution in [-0.4, -0.2) is 11.2 Å². The molecule has 0 heterocycles. The minimum atomic E-state index is -0.0209. The van der Waals surface area contributed by atoms with Gasteiger partial charge >= 0.3 is 0 Å². The molecule has 3 fully saturated rings. The maximum absolute atomic E-state index is 10.6. The predicted octanol–water partition coefficient (Wildman–Crippen LogP) is 3.75. The SMILES string of the molecule is CC12CCCC3(C1)C(O)CC(C)(C)C3CC2. The summed E-state index contributed by atoms with van der Waals surface area (Å²) in [4.78, 5) is 0. The molecule has 4 atom stereocenters. The molecule has 4 unspecified atom stereocenters. The van der Waals surface area contributed by atoms with Crippen LogP contribution in [0.4, 0.5) is 0 Å². The Labute approximate surface area is 99.6 Å². The first kappa shape index (κ1) is 11.1. The van der Waals surface area contributed by atoms with Gasteiger partial charge in [-0.2, -0.15) is 0 Å². The van der Waals surface area contributed by atoms with Gasteiger partial charge in [0.25, 0.3) is 0 Å². The largest absolute Gasteiger partial charge is 0.393 e. The second-order valence-electron chi connectivity index (χ2n) is 7.87. The molecule has 3 rings (SSSR count). The van der Waals surface area contributed by atoms with E-state index in [9.17, 15) is 5.11 Å². The Kier molecular flexibility index (Phi) is 2.11. The van der Waals surface area contributed by atoms with Crippen LogP contribution < -0.4 is 0 Å². The number of aliphatic hydroxyl groups excluding tert-OH is 1. The number of fused-ring (bicyclic) bond motifs is 1. The molecule has 0 aromatic rings. The molecule has 0 aromatic carbocycles. The summed E-state index contributed by atoms with van der Waals surface area (Å²) in [5.41, 5.74) is 1.23. The standard InChI is InChI=1S/C15H26O/c1-13(2)9-12(16)15-7-4-6-14(3,10-15)8-5-11(13)15/h11-12,16H,4-10H2,1-3H3. The zero-order valence-corrected chi connectivity index (χ0v) is 11.1. The highest BCUT2D eigenvalue weighted by molar-refractivity contribution is 5.12. The molecular formula is C15H26O. The van der Waals surface area contributed by atoms with E-state index in [4.69, 9.17) is 0 Å². The summed E-state index contributed by atoms with van der Waals surface area (Å²) in [5, 5.41) is 10.6. The van der Waals surface area contributed by atoms with Crippen LogP contribution in [0.1, 0.15) is 65.7 Å². The molecule has 1 N–H and O–H groups in total. The minimum Gasteiger partial charge on any atom is -0.393 e. The number of aliphatic hydroxyl groups is 1. The van der Waals surface area contributed by atoms with Gasteiger partial charge in [-0.15, -0.1) is 0 Å².